The second-order valence-corrected chi connectivity index (χ2v) is 7.92. The minimum Gasteiger partial charge on any atom is -0.490 e. The number of anilines is 1. The highest BCUT2D eigenvalue weighted by Gasteiger charge is 2.39. The molecular formula is C22H32N4O5. The molecule has 0 aliphatic carbocycles. The van der Waals surface area contributed by atoms with Crippen molar-refractivity contribution in [3.8, 4) is 5.75 Å². The third-order valence-electron chi connectivity index (χ3n) is 5.59. The van der Waals surface area contributed by atoms with E-state index >= 15 is 0 Å². The van der Waals surface area contributed by atoms with E-state index in [0.29, 0.717) is 42.9 Å². The maximum absolute atomic E-state index is 13.2. The Morgan fingerprint density at radius 1 is 1.19 bits per heavy atom. The van der Waals surface area contributed by atoms with Crippen LogP contribution in [-0.4, -0.2) is 67.7 Å². The molecule has 4 amide bonds. The van der Waals surface area contributed by atoms with Gasteiger partial charge < -0.3 is 30.3 Å². The Morgan fingerprint density at radius 3 is 2.74 bits per heavy atom. The van der Waals surface area contributed by atoms with Gasteiger partial charge in [0.15, 0.2) is 0 Å². The number of likely N-dealkylation sites (N-methyl/N-ethyl adjacent to an activating group) is 1. The predicted octanol–water partition coefficient (Wildman–Crippen LogP) is 2.12. The van der Waals surface area contributed by atoms with Gasteiger partial charge in [0.05, 0.1) is 24.1 Å². The van der Waals surface area contributed by atoms with E-state index < -0.39 is 0 Å². The molecule has 1 aromatic rings. The number of ether oxygens (including phenoxy) is 2. The lowest BCUT2D eigenvalue weighted by atomic mass is 9.94. The molecule has 2 aliphatic rings. The summed E-state index contributed by atoms with van der Waals surface area (Å²) < 4.78 is 12.1. The largest absolute Gasteiger partial charge is 0.490 e. The van der Waals surface area contributed by atoms with Crippen LogP contribution in [0, 0.1) is 0 Å². The van der Waals surface area contributed by atoms with Gasteiger partial charge >= 0.3 is 6.03 Å². The highest BCUT2D eigenvalue weighted by atomic mass is 16.5. The summed E-state index contributed by atoms with van der Waals surface area (Å²) in [6.45, 7) is 5.29. The lowest BCUT2D eigenvalue weighted by molar-refractivity contribution is -0.134. The Labute approximate surface area is 182 Å². The van der Waals surface area contributed by atoms with Crippen LogP contribution >= 0.6 is 0 Å². The van der Waals surface area contributed by atoms with E-state index in [9.17, 15) is 14.4 Å². The lowest BCUT2D eigenvalue weighted by Gasteiger charge is -2.42. The molecule has 2 heterocycles. The molecule has 9 nitrogen and oxygen atoms in total. The van der Waals surface area contributed by atoms with Crippen LogP contribution < -0.4 is 20.7 Å². The minimum absolute atomic E-state index is 0.0148. The molecule has 3 N–H and O–H groups in total. The number of hydrogen-bond donors (Lipinski definition) is 3. The van der Waals surface area contributed by atoms with Gasteiger partial charge in [-0.1, -0.05) is 6.92 Å². The van der Waals surface area contributed by atoms with Crippen LogP contribution in [0.1, 0.15) is 49.9 Å². The molecule has 2 aliphatic heterocycles. The maximum atomic E-state index is 13.2. The molecule has 9 heteroatoms. The van der Waals surface area contributed by atoms with E-state index in [1.165, 1.54) is 0 Å². The van der Waals surface area contributed by atoms with Gasteiger partial charge in [0.2, 0.25) is 5.91 Å². The molecule has 170 valence electrons. The first-order valence-corrected chi connectivity index (χ1v) is 10.9. The molecule has 0 unspecified atom stereocenters. The summed E-state index contributed by atoms with van der Waals surface area (Å²) >= 11 is 0. The number of carbonyl (C=O) groups is 3. The van der Waals surface area contributed by atoms with Crippen LogP contribution in [0.25, 0.3) is 0 Å². The number of hydrogen-bond acceptors (Lipinski definition) is 5. The van der Waals surface area contributed by atoms with E-state index in [1.54, 1.807) is 30.1 Å². The van der Waals surface area contributed by atoms with E-state index in [1.807, 2.05) is 13.8 Å². The van der Waals surface area contributed by atoms with Crippen molar-refractivity contribution >= 4 is 23.5 Å². The Balaban J connectivity index is 1.71. The summed E-state index contributed by atoms with van der Waals surface area (Å²) in [6.07, 6.45) is 2.13. The topological polar surface area (TPSA) is 109 Å². The normalized spacial score (nSPS) is 22.9. The number of fused-ring (bicyclic) bond motifs is 2. The Morgan fingerprint density at radius 2 is 2.00 bits per heavy atom. The van der Waals surface area contributed by atoms with Crippen molar-refractivity contribution in [1.29, 1.82) is 0 Å². The molecule has 0 saturated carbocycles. The molecule has 31 heavy (non-hydrogen) atoms. The molecule has 0 spiro atoms. The second-order valence-electron chi connectivity index (χ2n) is 7.92. The third-order valence-corrected chi connectivity index (χ3v) is 5.59. The molecule has 1 fully saturated rings. The zero-order valence-corrected chi connectivity index (χ0v) is 18.4. The number of rotatable bonds is 6. The fraction of sp³-hybridized carbons (Fsp3) is 0.591. The van der Waals surface area contributed by atoms with Crippen LogP contribution in [-0.2, 0) is 9.53 Å². The van der Waals surface area contributed by atoms with Gasteiger partial charge in [-0.15, -0.1) is 0 Å². The van der Waals surface area contributed by atoms with Crippen molar-refractivity contribution in [3.63, 3.8) is 0 Å². The number of amides is 4. The van der Waals surface area contributed by atoms with Crippen LogP contribution in [0.3, 0.4) is 0 Å². The molecule has 3 rings (SSSR count). The molecule has 1 saturated heterocycles. The van der Waals surface area contributed by atoms with E-state index in [0.717, 1.165) is 12.8 Å². The highest BCUT2D eigenvalue weighted by molar-refractivity contribution is 5.99. The molecule has 0 bridgehead atoms. The predicted molar refractivity (Wildman–Crippen MR) is 116 cm³/mol. The molecule has 3 atom stereocenters. The Hall–Kier alpha value is -2.81. The monoisotopic (exact) mass is 432 g/mol. The van der Waals surface area contributed by atoms with Crippen molar-refractivity contribution in [2.24, 2.45) is 0 Å². The highest BCUT2D eigenvalue weighted by Crippen LogP contribution is 2.32. The summed E-state index contributed by atoms with van der Waals surface area (Å²) in [5.41, 5.74) is 0.918. The van der Waals surface area contributed by atoms with Crippen LogP contribution in [0.4, 0.5) is 10.5 Å². The van der Waals surface area contributed by atoms with Crippen molar-refractivity contribution in [3.05, 3.63) is 23.8 Å². The van der Waals surface area contributed by atoms with Gasteiger partial charge in [-0.05, 0) is 44.4 Å². The van der Waals surface area contributed by atoms with Crippen molar-refractivity contribution < 1.29 is 23.9 Å². The van der Waals surface area contributed by atoms with E-state index in [-0.39, 0.29) is 42.7 Å². The van der Waals surface area contributed by atoms with Crippen molar-refractivity contribution in [2.75, 3.05) is 32.1 Å². The Bertz CT molecular complexity index is 815. The smallest absolute Gasteiger partial charge is 0.319 e. The molecular weight excluding hydrogens is 400 g/mol. The Kier molecular flexibility index (Phi) is 7.73. The first-order chi connectivity index (χ1) is 14.9. The SMILES string of the molecule is CCCNC(=O)C[C@H]1CC[C@H]2[C@@H](COc3ccc(NC(=O)NCC)cc3C(=O)N2C)O1. The lowest BCUT2D eigenvalue weighted by Crippen LogP contribution is -2.54. The summed E-state index contributed by atoms with van der Waals surface area (Å²) in [7, 11) is 1.76. The van der Waals surface area contributed by atoms with Crippen LogP contribution in [0.2, 0.25) is 0 Å². The van der Waals surface area contributed by atoms with E-state index in [2.05, 4.69) is 16.0 Å². The van der Waals surface area contributed by atoms with Gasteiger partial charge in [-0.3, -0.25) is 9.59 Å². The zero-order valence-electron chi connectivity index (χ0n) is 18.4. The number of nitrogens with one attached hydrogen (secondary N) is 3. The summed E-state index contributed by atoms with van der Waals surface area (Å²) in [5, 5.41) is 8.26. The molecule has 0 aromatic heterocycles. The van der Waals surface area contributed by atoms with Gasteiger partial charge in [0, 0.05) is 25.8 Å². The fourth-order valence-electron chi connectivity index (χ4n) is 3.98. The van der Waals surface area contributed by atoms with Crippen molar-refractivity contribution in [1.82, 2.24) is 15.5 Å². The van der Waals surface area contributed by atoms with Gasteiger partial charge in [0.1, 0.15) is 18.5 Å². The molecule has 1 aromatic carbocycles. The average Bonchev–Trinajstić information content (AvgIpc) is 2.75. The summed E-state index contributed by atoms with van der Waals surface area (Å²) in [6, 6.07) is 4.54. The maximum Gasteiger partial charge on any atom is 0.319 e. The first-order valence-electron chi connectivity index (χ1n) is 10.9. The minimum atomic E-state index is -0.329. The second kappa shape index (κ2) is 10.5. The van der Waals surface area contributed by atoms with Gasteiger partial charge in [0.25, 0.3) is 5.91 Å². The standard InChI is InChI=1S/C22H32N4O5/c1-4-10-24-20(27)12-15-7-8-17-19(31-15)13-30-18-9-6-14(25-22(29)23-5-2)11-16(18)21(28)26(17)3/h6,9,11,15,17,19H,4-5,7-8,10,12-13H2,1-3H3,(H,24,27)(H2,23,25,29)/t15-,17+,19-/m1/s1. The summed E-state index contributed by atoms with van der Waals surface area (Å²) in [4.78, 5) is 38.7. The first kappa shape index (κ1) is 22.9. The van der Waals surface area contributed by atoms with Crippen LogP contribution in [0.5, 0.6) is 5.75 Å². The van der Waals surface area contributed by atoms with Crippen molar-refractivity contribution in [2.45, 2.75) is 57.8 Å². The van der Waals surface area contributed by atoms with E-state index in [4.69, 9.17) is 9.47 Å². The fourth-order valence-corrected chi connectivity index (χ4v) is 3.98. The average molecular weight is 433 g/mol. The number of carbonyl (C=O) groups excluding carboxylic acids is 3. The van der Waals surface area contributed by atoms with Crippen LogP contribution in [0.15, 0.2) is 18.2 Å². The number of urea groups is 1. The summed E-state index contributed by atoms with van der Waals surface area (Å²) in [5.74, 6) is 0.245. The number of benzene rings is 1. The van der Waals surface area contributed by atoms with Gasteiger partial charge in [-0.25, -0.2) is 4.79 Å². The number of nitrogens with zero attached hydrogens (tertiary/aromatic N) is 1. The molecule has 0 radical (unpaired) electrons. The quantitative estimate of drug-likeness (QED) is 0.638. The zero-order chi connectivity index (χ0) is 22.4. The van der Waals surface area contributed by atoms with Gasteiger partial charge in [-0.2, -0.15) is 0 Å². The third kappa shape index (κ3) is 5.66.